The van der Waals surface area contributed by atoms with Crippen LogP contribution in [0.25, 0.3) is 28.1 Å². The topological polar surface area (TPSA) is 111 Å². The third-order valence-electron chi connectivity index (χ3n) is 8.07. The normalized spacial score (nSPS) is 16.1. The molecule has 1 N–H and O–H groups in total. The molecule has 12 heteroatoms. The predicted octanol–water partition coefficient (Wildman–Crippen LogP) is 5.99. The molecule has 0 aliphatic carbocycles. The number of hydrogen-bond donors (Lipinski definition) is 1. The third-order valence-corrected chi connectivity index (χ3v) is 9.45. The number of methoxy groups -OCH3 is 1. The lowest BCUT2D eigenvalue weighted by atomic mass is 10.0. The number of thioether (sulfide) groups is 1. The van der Waals surface area contributed by atoms with E-state index in [0.717, 1.165) is 60.4 Å². The molecular formula is C36H35N3O7S2. The second kappa shape index (κ2) is 15.6. The number of pyridine rings is 1. The first-order valence-electron chi connectivity index (χ1n) is 15.6. The average molecular weight is 686 g/mol. The largest absolute Gasteiger partial charge is 0.493 e. The van der Waals surface area contributed by atoms with Crippen molar-refractivity contribution in [3.63, 3.8) is 0 Å². The standard InChI is InChI=1S/C36H35N3O7S2/c1-43-32-22-27(35(41)42)7-10-31(32)45-16-3-12-39-34(40)33(48-36(39)47)23-28-21-25(24-5-8-29-26(20-24)4-2-11-37-29)6-9-30(28)46-19-15-38-13-17-44-18-14-38/h2,4-11,20-23H,3,12-19H2,1H3,(H,41,42). The van der Waals surface area contributed by atoms with Gasteiger partial charge in [-0.3, -0.25) is 19.6 Å². The fraction of sp³-hybridized carbons (Fsp3) is 0.278. The highest BCUT2D eigenvalue weighted by Gasteiger charge is 2.32. The number of ether oxygens (including phenoxy) is 4. The van der Waals surface area contributed by atoms with Gasteiger partial charge in [-0.15, -0.1) is 0 Å². The molecule has 0 saturated carbocycles. The molecule has 0 atom stereocenters. The molecule has 0 unspecified atom stereocenters. The highest BCUT2D eigenvalue weighted by molar-refractivity contribution is 8.26. The summed E-state index contributed by atoms with van der Waals surface area (Å²) in [5.41, 5.74) is 3.85. The molecule has 6 rings (SSSR count). The van der Waals surface area contributed by atoms with Crippen molar-refractivity contribution >= 4 is 57.2 Å². The second-order valence-electron chi connectivity index (χ2n) is 11.2. The van der Waals surface area contributed by atoms with Crippen molar-refractivity contribution in [1.29, 1.82) is 0 Å². The number of amides is 1. The van der Waals surface area contributed by atoms with E-state index in [1.807, 2.05) is 48.5 Å². The number of hydrogen-bond acceptors (Lipinski definition) is 10. The Kier molecular flexibility index (Phi) is 10.9. The summed E-state index contributed by atoms with van der Waals surface area (Å²) in [7, 11) is 1.45. The number of thiocarbonyl (C=S) groups is 1. The Morgan fingerprint density at radius 2 is 1.75 bits per heavy atom. The molecule has 4 aromatic rings. The number of carboxylic acids is 1. The Bertz CT molecular complexity index is 1860. The van der Waals surface area contributed by atoms with Crippen LogP contribution in [0.15, 0.2) is 77.8 Å². The monoisotopic (exact) mass is 685 g/mol. The van der Waals surface area contributed by atoms with Gasteiger partial charge in [-0.25, -0.2) is 4.79 Å². The minimum atomic E-state index is -1.05. The fourth-order valence-electron chi connectivity index (χ4n) is 5.50. The number of benzene rings is 3. The first-order chi connectivity index (χ1) is 23.4. The number of rotatable bonds is 13. The Balaban J connectivity index is 1.17. The van der Waals surface area contributed by atoms with E-state index in [1.54, 1.807) is 17.2 Å². The number of carbonyl (C=O) groups excluding carboxylic acids is 1. The summed E-state index contributed by atoms with van der Waals surface area (Å²) >= 11 is 6.88. The van der Waals surface area contributed by atoms with Crippen molar-refractivity contribution in [3.8, 4) is 28.4 Å². The lowest BCUT2D eigenvalue weighted by Crippen LogP contribution is -2.38. The molecule has 2 aliphatic heterocycles. The van der Waals surface area contributed by atoms with Crippen LogP contribution in [0.4, 0.5) is 0 Å². The van der Waals surface area contributed by atoms with E-state index >= 15 is 0 Å². The van der Waals surface area contributed by atoms with Gasteiger partial charge in [-0.05, 0) is 72.2 Å². The second-order valence-corrected chi connectivity index (χ2v) is 12.8. The quantitative estimate of drug-likeness (QED) is 0.102. The summed E-state index contributed by atoms with van der Waals surface area (Å²) in [5.74, 6) is 0.225. The van der Waals surface area contributed by atoms with Crippen LogP contribution in [0, 0.1) is 0 Å². The maximum absolute atomic E-state index is 13.6. The molecule has 1 aromatic heterocycles. The predicted molar refractivity (Wildman–Crippen MR) is 190 cm³/mol. The first kappa shape index (κ1) is 33.4. The molecule has 1 amide bonds. The maximum Gasteiger partial charge on any atom is 0.335 e. The molecule has 2 aliphatic rings. The molecule has 2 saturated heterocycles. The van der Waals surface area contributed by atoms with E-state index in [0.29, 0.717) is 46.0 Å². The lowest BCUT2D eigenvalue weighted by Gasteiger charge is -2.26. The van der Waals surface area contributed by atoms with Crippen molar-refractivity contribution in [2.75, 3.05) is 59.7 Å². The third kappa shape index (κ3) is 7.96. The van der Waals surface area contributed by atoms with Crippen LogP contribution in [0.3, 0.4) is 0 Å². The Labute approximate surface area is 288 Å². The maximum atomic E-state index is 13.6. The SMILES string of the molecule is COc1cc(C(=O)O)ccc1OCCCN1C(=O)C(=Cc2cc(-c3ccc4ncccc4c3)ccc2OCCN2CCOCC2)SC1=S. The van der Waals surface area contributed by atoms with Gasteiger partial charge in [0.2, 0.25) is 0 Å². The van der Waals surface area contributed by atoms with Crippen LogP contribution in [-0.2, 0) is 9.53 Å². The van der Waals surface area contributed by atoms with Gasteiger partial charge in [0.1, 0.15) is 16.7 Å². The van der Waals surface area contributed by atoms with E-state index in [9.17, 15) is 14.7 Å². The van der Waals surface area contributed by atoms with Crippen LogP contribution < -0.4 is 14.2 Å². The zero-order valence-electron chi connectivity index (χ0n) is 26.4. The van der Waals surface area contributed by atoms with Gasteiger partial charge in [0.05, 0.1) is 42.9 Å². The Morgan fingerprint density at radius 1 is 0.979 bits per heavy atom. The van der Waals surface area contributed by atoms with E-state index in [-0.39, 0.29) is 18.1 Å². The lowest BCUT2D eigenvalue weighted by molar-refractivity contribution is -0.122. The van der Waals surface area contributed by atoms with Crippen LogP contribution >= 0.6 is 24.0 Å². The van der Waals surface area contributed by atoms with Gasteiger partial charge in [-0.2, -0.15) is 0 Å². The molecule has 48 heavy (non-hydrogen) atoms. The highest BCUT2D eigenvalue weighted by Crippen LogP contribution is 2.36. The smallest absolute Gasteiger partial charge is 0.335 e. The zero-order chi connectivity index (χ0) is 33.5. The van der Waals surface area contributed by atoms with E-state index in [1.165, 1.54) is 31.0 Å². The molecule has 0 radical (unpaired) electrons. The van der Waals surface area contributed by atoms with Crippen molar-refractivity contribution in [1.82, 2.24) is 14.8 Å². The van der Waals surface area contributed by atoms with Crippen molar-refractivity contribution in [2.45, 2.75) is 6.42 Å². The summed E-state index contributed by atoms with van der Waals surface area (Å²) in [6.45, 7) is 5.14. The molecule has 248 valence electrons. The zero-order valence-corrected chi connectivity index (χ0v) is 28.1. The van der Waals surface area contributed by atoms with Gasteiger partial charge >= 0.3 is 5.97 Å². The average Bonchev–Trinajstić information content (AvgIpc) is 3.38. The molecule has 0 bridgehead atoms. The van der Waals surface area contributed by atoms with E-state index < -0.39 is 5.97 Å². The van der Waals surface area contributed by atoms with Gasteiger partial charge in [0.15, 0.2) is 11.5 Å². The number of carboxylic acid groups (broad SMARTS) is 1. The summed E-state index contributed by atoms with van der Waals surface area (Å²) < 4.78 is 23.4. The number of fused-ring (bicyclic) bond motifs is 1. The first-order valence-corrected chi connectivity index (χ1v) is 16.8. The number of aromatic carboxylic acids is 1. The van der Waals surface area contributed by atoms with Gasteiger partial charge in [-0.1, -0.05) is 42.2 Å². The van der Waals surface area contributed by atoms with Crippen molar-refractivity contribution in [2.24, 2.45) is 0 Å². The minimum Gasteiger partial charge on any atom is -0.493 e. The molecule has 0 spiro atoms. The van der Waals surface area contributed by atoms with Crippen molar-refractivity contribution < 1.29 is 33.6 Å². The number of carbonyl (C=O) groups is 2. The van der Waals surface area contributed by atoms with Gasteiger partial charge in [0.25, 0.3) is 5.91 Å². The molecule has 3 aromatic carbocycles. The van der Waals surface area contributed by atoms with E-state index in [2.05, 4.69) is 16.0 Å². The van der Waals surface area contributed by atoms with Crippen LogP contribution in [0.2, 0.25) is 0 Å². The van der Waals surface area contributed by atoms with Gasteiger partial charge in [0, 0.05) is 43.3 Å². The fourth-order valence-corrected chi connectivity index (χ4v) is 6.80. The van der Waals surface area contributed by atoms with Gasteiger partial charge < -0.3 is 24.1 Å². The summed E-state index contributed by atoms with van der Waals surface area (Å²) in [4.78, 5) is 33.7. The Morgan fingerprint density at radius 3 is 2.56 bits per heavy atom. The van der Waals surface area contributed by atoms with Crippen molar-refractivity contribution in [3.05, 3.63) is 89.0 Å². The molecule has 3 heterocycles. The Hall–Kier alpha value is -4.49. The van der Waals surface area contributed by atoms with Crippen LogP contribution in [0.1, 0.15) is 22.3 Å². The summed E-state index contributed by atoms with van der Waals surface area (Å²) in [6, 6.07) is 20.6. The minimum absolute atomic E-state index is 0.106. The molecule has 10 nitrogen and oxygen atoms in total. The highest BCUT2D eigenvalue weighted by atomic mass is 32.2. The number of morpholine rings is 1. The molecule has 2 fully saturated rings. The number of nitrogens with zero attached hydrogens (tertiary/aromatic N) is 3. The van der Waals surface area contributed by atoms with Crippen LogP contribution in [-0.4, -0.2) is 95.8 Å². The summed E-state index contributed by atoms with van der Waals surface area (Å²) in [5, 5.41) is 10.3. The van der Waals surface area contributed by atoms with Crippen LogP contribution in [0.5, 0.6) is 17.2 Å². The van der Waals surface area contributed by atoms with E-state index in [4.69, 9.17) is 31.2 Å². The number of aromatic nitrogens is 1. The molecular weight excluding hydrogens is 651 g/mol. The summed E-state index contributed by atoms with van der Waals surface area (Å²) in [6.07, 6.45) is 4.15.